The molecule has 2 heterocycles. The summed E-state index contributed by atoms with van der Waals surface area (Å²) in [4.78, 5) is 9.42. The minimum absolute atomic E-state index is 0.257. The van der Waals surface area contributed by atoms with Crippen LogP contribution < -0.4 is 4.74 Å². The number of fused-ring (bicyclic) bond motifs is 1. The molecule has 3 rings (SSSR count). The number of halogens is 1. The van der Waals surface area contributed by atoms with Gasteiger partial charge in [-0.2, -0.15) is 9.97 Å². The van der Waals surface area contributed by atoms with E-state index in [9.17, 15) is 4.39 Å². The lowest BCUT2D eigenvalue weighted by molar-refractivity contribution is 0.382. The van der Waals surface area contributed by atoms with E-state index in [1.54, 1.807) is 18.2 Å². The van der Waals surface area contributed by atoms with Gasteiger partial charge >= 0.3 is 6.01 Å². The molecule has 0 unspecified atom stereocenters. The maximum absolute atomic E-state index is 14.0. The lowest BCUT2D eigenvalue weighted by atomic mass is 10.1. The number of rotatable bonds is 2. The molecular formula is C14H11FN2OS. The molecule has 0 amide bonds. The van der Waals surface area contributed by atoms with Crippen LogP contribution in [0, 0.1) is 12.7 Å². The van der Waals surface area contributed by atoms with Crippen molar-refractivity contribution in [2.24, 2.45) is 0 Å². The van der Waals surface area contributed by atoms with Gasteiger partial charge in [0.15, 0.2) is 0 Å². The average Bonchev–Trinajstić information content (AvgIpc) is 2.80. The molecule has 0 atom stereocenters. The van der Waals surface area contributed by atoms with E-state index >= 15 is 0 Å². The Labute approximate surface area is 113 Å². The fourth-order valence-corrected chi connectivity index (χ4v) is 2.92. The third kappa shape index (κ3) is 1.96. The predicted molar refractivity (Wildman–Crippen MR) is 74.1 cm³/mol. The predicted octanol–water partition coefficient (Wildman–Crippen LogP) is 3.81. The van der Waals surface area contributed by atoms with E-state index in [-0.39, 0.29) is 11.8 Å². The summed E-state index contributed by atoms with van der Waals surface area (Å²) in [5, 5.41) is 2.87. The Balaban J connectivity index is 2.38. The van der Waals surface area contributed by atoms with E-state index < -0.39 is 0 Å². The number of ether oxygens (including phenoxy) is 1. The average molecular weight is 274 g/mol. The summed E-state index contributed by atoms with van der Waals surface area (Å²) in [6.07, 6.45) is 0. The summed E-state index contributed by atoms with van der Waals surface area (Å²) in [5.74, 6) is -0.296. The van der Waals surface area contributed by atoms with Crippen LogP contribution in [0.2, 0.25) is 0 Å². The van der Waals surface area contributed by atoms with E-state index in [0.717, 1.165) is 15.8 Å². The second kappa shape index (κ2) is 4.59. The molecule has 0 aliphatic carbocycles. The first-order valence-electron chi connectivity index (χ1n) is 5.75. The van der Waals surface area contributed by atoms with E-state index in [2.05, 4.69) is 9.97 Å². The van der Waals surface area contributed by atoms with E-state index in [4.69, 9.17) is 4.74 Å². The minimum atomic E-state index is -0.296. The molecule has 3 nitrogen and oxygen atoms in total. The first-order chi connectivity index (χ1) is 9.20. The highest BCUT2D eigenvalue weighted by Gasteiger charge is 2.16. The molecule has 5 heteroatoms. The van der Waals surface area contributed by atoms with Crippen molar-refractivity contribution >= 4 is 21.6 Å². The number of nitrogens with zero attached hydrogens (tertiary/aromatic N) is 2. The lowest BCUT2D eigenvalue weighted by Gasteiger charge is -2.07. The third-order valence-corrected chi connectivity index (χ3v) is 3.90. The zero-order chi connectivity index (χ0) is 13.4. The Bertz CT molecular complexity index is 754. The van der Waals surface area contributed by atoms with Gasteiger partial charge in [-0.3, -0.25) is 0 Å². The lowest BCUT2D eigenvalue weighted by Crippen LogP contribution is -1.96. The number of aromatic nitrogens is 2. The van der Waals surface area contributed by atoms with Crippen LogP contribution in [0.4, 0.5) is 4.39 Å². The van der Waals surface area contributed by atoms with Crippen molar-refractivity contribution < 1.29 is 9.13 Å². The van der Waals surface area contributed by atoms with E-state index in [0.29, 0.717) is 11.3 Å². The number of methoxy groups -OCH3 is 1. The molecule has 0 fully saturated rings. The zero-order valence-electron chi connectivity index (χ0n) is 10.5. The second-order valence-electron chi connectivity index (χ2n) is 4.14. The second-order valence-corrected chi connectivity index (χ2v) is 5.00. The first kappa shape index (κ1) is 12.0. The molecule has 0 N–H and O–H groups in total. The van der Waals surface area contributed by atoms with Gasteiger partial charge in [0.05, 0.1) is 12.8 Å². The summed E-state index contributed by atoms with van der Waals surface area (Å²) in [6, 6.07) is 6.85. The molecule has 0 saturated heterocycles. The molecule has 96 valence electrons. The number of benzene rings is 1. The van der Waals surface area contributed by atoms with E-state index in [1.165, 1.54) is 24.5 Å². The normalized spacial score (nSPS) is 10.9. The van der Waals surface area contributed by atoms with Crippen molar-refractivity contribution in [3.05, 3.63) is 41.0 Å². The summed E-state index contributed by atoms with van der Waals surface area (Å²) >= 11 is 1.50. The van der Waals surface area contributed by atoms with Crippen molar-refractivity contribution in [1.29, 1.82) is 0 Å². The zero-order valence-corrected chi connectivity index (χ0v) is 11.3. The Morgan fingerprint density at radius 2 is 2.00 bits per heavy atom. The molecular weight excluding hydrogens is 263 g/mol. The fourth-order valence-electron chi connectivity index (χ4n) is 2.00. The smallest absolute Gasteiger partial charge is 0.318 e. The highest BCUT2D eigenvalue weighted by Crippen LogP contribution is 2.34. The number of hydrogen-bond donors (Lipinski definition) is 0. The van der Waals surface area contributed by atoms with Gasteiger partial charge in [-0.25, -0.2) is 4.39 Å². The van der Waals surface area contributed by atoms with Crippen LogP contribution in [0.3, 0.4) is 0 Å². The first-order valence-corrected chi connectivity index (χ1v) is 6.63. The summed E-state index contributed by atoms with van der Waals surface area (Å²) in [5.41, 5.74) is 2.09. The maximum Gasteiger partial charge on any atom is 0.318 e. The standard InChI is InChI=1S/C14H11FN2OS/c1-8-7-19-13-11(8)12(16-14(17-13)18-2)9-5-3-4-6-10(9)15/h3-7H,1-2H3. The largest absolute Gasteiger partial charge is 0.467 e. The van der Waals surface area contributed by atoms with Crippen molar-refractivity contribution in [2.75, 3.05) is 7.11 Å². The number of aryl methyl sites for hydroxylation is 1. The maximum atomic E-state index is 14.0. The molecule has 1 aromatic carbocycles. The van der Waals surface area contributed by atoms with Gasteiger partial charge in [0.1, 0.15) is 10.6 Å². The fraction of sp³-hybridized carbons (Fsp3) is 0.143. The molecule has 0 radical (unpaired) electrons. The third-order valence-electron chi connectivity index (χ3n) is 2.91. The molecule has 0 aliphatic rings. The molecule has 0 aliphatic heterocycles. The Kier molecular flexibility index (Phi) is 2.91. The van der Waals surface area contributed by atoms with Gasteiger partial charge in [0, 0.05) is 10.9 Å². The summed E-state index contributed by atoms with van der Waals surface area (Å²) in [6.45, 7) is 1.97. The van der Waals surface area contributed by atoms with Gasteiger partial charge in [-0.15, -0.1) is 11.3 Å². The Morgan fingerprint density at radius 1 is 1.21 bits per heavy atom. The SMILES string of the molecule is COc1nc(-c2ccccc2F)c2c(C)csc2n1. The number of hydrogen-bond acceptors (Lipinski definition) is 4. The molecule has 3 aromatic rings. The van der Waals surface area contributed by atoms with Gasteiger partial charge in [0.2, 0.25) is 0 Å². The molecule has 0 bridgehead atoms. The van der Waals surface area contributed by atoms with Gasteiger partial charge in [-0.1, -0.05) is 12.1 Å². The van der Waals surface area contributed by atoms with Gasteiger partial charge < -0.3 is 4.74 Å². The Morgan fingerprint density at radius 3 is 2.74 bits per heavy atom. The van der Waals surface area contributed by atoms with Crippen LogP contribution in [0.15, 0.2) is 29.6 Å². The quantitative estimate of drug-likeness (QED) is 0.712. The van der Waals surface area contributed by atoms with E-state index in [1.807, 2.05) is 12.3 Å². The topological polar surface area (TPSA) is 35.0 Å². The monoisotopic (exact) mass is 274 g/mol. The van der Waals surface area contributed by atoms with Crippen LogP contribution in [0.1, 0.15) is 5.56 Å². The van der Waals surface area contributed by atoms with Crippen LogP contribution in [0.25, 0.3) is 21.5 Å². The number of thiophene rings is 1. The van der Waals surface area contributed by atoms with Crippen LogP contribution in [-0.2, 0) is 0 Å². The summed E-state index contributed by atoms with van der Waals surface area (Å²) in [7, 11) is 1.51. The van der Waals surface area contributed by atoms with Gasteiger partial charge in [0.25, 0.3) is 0 Å². The molecule has 19 heavy (non-hydrogen) atoms. The van der Waals surface area contributed by atoms with Crippen LogP contribution >= 0.6 is 11.3 Å². The van der Waals surface area contributed by atoms with Crippen LogP contribution in [-0.4, -0.2) is 17.1 Å². The van der Waals surface area contributed by atoms with Crippen molar-refractivity contribution in [2.45, 2.75) is 6.92 Å². The van der Waals surface area contributed by atoms with Crippen molar-refractivity contribution in [1.82, 2.24) is 9.97 Å². The highest BCUT2D eigenvalue weighted by atomic mass is 32.1. The molecule has 0 spiro atoms. The van der Waals surface area contributed by atoms with Crippen molar-refractivity contribution in [3.8, 4) is 17.3 Å². The molecule has 2 aromatic heterocycles. The Hall–Kier alpha value is -2.01. The summed E-state index contributed by atoms with van der Waals surface area (Å²) < 4.78 is 19.1. The van der Waals surface area contributed by atoms with Crippen LogP contribution in [0.5, 0.6) is 6.01 Å². The minimum Gasteiger partial charge on any atom is -0.467 e. The molecule has 0 saturated carbocycles. The van der Waals surface area contributed by atoms with Crippen molar-refractivity contribution in [3.63, 3.8) is 0 Å². The van der Waals surface area contributed by atoms with Gasteiger partial charge in [-0.05, 0) is 30.0 Å². The highest BCUT2D eigenvalue weighted by molar-refractivity contribution is 7.17.